The first-order chi connectivity index (χ1) is 14.8. The van der Waals surface area contributed by atoms with Crippen molar-refractivity contribution in [1.29, 1.82) is 0 Å². The third-order valence-electron chi connectivity index (χ3n) is 5.83. The van der Waals surface area contributed by atoms with Crippen LogP contribution < -0.4 is 15.4 Å². The number of halogens is 1. The maximum absolute atomic E-state index is 13.6. The third kappa shape index (κ3) is 3.65. The molecule has 1 aliphatic heterocycles. The second-order valence-corrected chi connectivity index (χ2v) is 8.59. The SMILES string of the molecule is COC(=O)[C@@H]1C(=O)C2=C(C[C@@H]1C)Nc1ccccc1N[C@H]2c1cc(Br)c(O)c(OC)c1. The average molecular weight is 487 g/mol. The minimum Gasteiger partial charge on any atom is -0.503 e. The molecule has 2 aromatic carbocycles. The summed E-state index contributed by atoms with van der Waals surface area (Å²) in [5, 5.41) is 17.1. The van der Waals surface area contributed by atoms with Crippen molar-refractivity contribution in [3.8, 4) is 11.5 Å². The van der Waals surface area contributed by atoms with E-state index < -0.39 is 17.9 Å². The van der Waals surface area contributed by atoms with Crippen molar-refractivity contribution in [2.24, 2.45) is 11.8 Å². The predicted molar refractivity (Wildman–Crippen MR) is 120 cm³/mol. The van der Waals surface area contributed by atoms with Crippen LogP contribution in [0, 0.1) is 11.8 Å². The lowest BCUT2D eigenvalue weighted by Gasteiger charge is -2.32. The summed E-state index contributed by atoms with van der Waals surface area (Å²) >= 11 is 3.37. The molecule has 3 N–H and O–H groups in total. The molecule has 0 saturated carbocycles. The second-order valence-electron chi connectivity index (χ2n) is 7.74. The maximum Gasteiger partial charge on any atom is 0.316 e. The molecular weight excluding hydrogens is 464 g/mol. The highest BCUT2D eigenvalue weighted by Gasteiger charge is 2.44. The van der Waals surface area contributed by atoms with Crippen LogP contribution >= 0.6 is 15.9 Å². The fourth-order valence-corrected chi connectivity index (χ4v) is 4.76. The van der Waals surface area contributed by atoms with E-state index in [2.05, 4.69) is 26.6 Å². The van der Waals surface area contributed by atoms with E-state index in [4.69, 9.17) is 9.47 Å². The van der Waals surface area contributed by atoms with Gasteiger partial charge in [-0.1, -0.05) is 19.1 Å². The van der Waals surface area contributed by atoms with E-state index in [9.17, 15) is 14.7 Å². The van der Waals surface area contributed by atoms with Gasteiger partial charge in [0.2, 0.25) is 0 Å². The number of carbonyl (C=O) groups excluding carboxylic acids is 2. The van der Waals surface area contributed by atoms with Gasteiger partial charge in [-0.3, -0.25) is 9.59 Å². The van der Waals surface area contributed by atoms with Gasteiger partial charge in [-0.05, 0) is 58.1 Å². The Labute approximate surface area is 188 Å². The predicted octanol–water partition coefficient (Wildman–Crippen LogP) is 4.39. The van der Waals surface area contributed by atoms with Gasteiger partial charge < -0.3 is 25.2 Å². The Balaban J connectivity index is 1.91. The summed E-state index contributed by atoms with van der Waals surface area (Å²) in [5.74, 6) is -1.64. The molecule has 0 unspecified atom stereocenters. The van der Waals surface area contributed by atoms with Gasteiger partial charge in [0, 0.05) is 11.3 Å². The van der Waals surface area contributed by atoms with Crippen molar-refractivity contribution >= 4 is 39.1 Å². The topological polar surface area (TPSA) is 96.9 Å². The number of benzene rings is 2. The number of fused-ring (bicyclic) bond motifs is 1. The molecule has 4 rings (SSSR count). The molecule has 0 spiro atoms. The Bertz CT molecular complexity index is 1100. The highest BCUT2D eigenvalue weighted by atomic mass is 79.9. The molecular formula is C23H23BrN2O5. The Morgan fingerprint density at radius 1 is 1.19 bits per heavy atom. The monoisotopic (exact) mass is 486 g/mol. The molecule has 2 aliphatic rings. The van der Waals surface area contributed by atoms with Crippen LogP contribution in [0.5, 0.6) is 11.5 Å². The van der Waals surface area contributed by atoms with Crippen LogP contribution in [-0.2, 0) is 14.3 Å². The minimum atomic E-state index is -0.876. The lowest BCUT2D eigenvalue weighted by molar-refractivity contribution is -0.151. The van der Waals surface area contributed by atoms with Crippen molar-refractivity contribution < 1.29 is 24.2 Å². The highest BCUT2D eigenvalue weighted by Crippen LogP contribution is 2.46. The number of aromatic hydroxyl groups is 1. The molecule has 1 aliphatic carbocycles. The Hall–Kier alpha value is -3.00. The van der Waals surface area contributed by atoms with E-state index in [1.165, 1.54) is 14.2 Å². The summed E-state index contributed by atoms with van der Waals surface area (Å²) in [4.78, 5) is 26.1. The van der Waals surface area contributed by atoms with Crippen LogP contribution in [0.25, 0.3) is 0 Å². The Morgan fingerprint density at radius 2 is 1.90 bits per heavy atom. The first-order valence-electron chi connectivity index (χ1n) is 9.89. The van der Waals surface area contributed by atoms with Gasteiger partial charge in [-0.15, -0.1) is 0 Å². The Kier molecular flexibility index (Phi) is 5.66. The van der Waals surface area contributed by atoms with E-state index >= 15 is 0 Å². The summed E-state index contributed by atoms with van der Waals surface area (Å²) in [6.07, 6.45) is 0.518. The molecule has 31 heavy (non-hydrogen) atoms. The summed E-state index contributed by atoms with van der Waals surface area (Å²) in [6.45, 7) is 1.88. The first kappa shape index (κ1) is 21.2. The quantitative estimate of drug-likeness (QED) is 0.437. The molecule has 0 saturated heterocycles. The zero-order valence-corrected chi connectivity index (χ0v) is 18.9. The first-order valence-corrected chi connectivity index (χ1v) is 10.7. The number of nitrogens with one attached hydrogen (secondary N) is 2. The molecule has 7 nitrogen and oxygen atoms in total. The number of hydrogen-bond acceptors (Lipinski definition) is 7. The summed E-state index contributed by atoms with van der Waals surface area (Å²) in [7, 11) is 2.76. The molecule has 0 bridgehead atoms. The number of hydrogen-bond donors (Lipinski definition) is 3. The highest BCUT2D eigenvalue weighted by molar-refractivity contribution is 9.10. The lowest BCUT2D eigenvalue weighted by Crippen LogP contribution is -2.39. The van der Waals surface area contributed by atoms with E-state index in [0.29, 0.717) is 22.0 Å². The van der Waals surface area contributed by atoms with E-state index in [1.807, 2.05) is 31.2 Å². The number of Topliss-reactive ketones (excluding diaryl/α,β-unsaturated/α-hetero) is 1. The number of allylic oxidation sites excluding steroid dienone is 1. The summed E-state index contributed by atoms with van der Waals surface area (Å²) in [6, 6.07) is 10.5. The largest absolute Gasteiger partial charge is 0.503 e. The second kappa shape index (κ2) is 8.26. The number of methoxy groups -OCH3 is 2. The smallest absolute Gasteiger partial charge is 0.316 e. The van der Waals surface area contributed by atoms with E-state index in [0.717, 1.165) is 17.1 Å². The fraction of sp³-hybridized carbons (Fsp3) is 0.304. The fourth-order valence-electron chi connectivity index (χ4n) is 4.30. The molecule has 1 heterocycles. The van der Waals surface area contributed by atoms with E-state index in [1.54, 1.807) is 12.1 Å². The number of rotatable bonds is 3. The number of phenolic OH excluding ortho intramolecular Hbond substituents is 1. The number of ether oxygens (including phenoxy) is 2. The number of anilines is 2. The molecule has 8 heteroatoms. The number of para-hydroxylation sites is 2. The molecule has 162 valence electrons. The van der Waals surface area contributed by atoms with Crippen LogP contribution in [0.3, 0.4) is 0 Å². The molecule has 3 atom stereocenters. The van der Waals surface area contributed by atoms with Gasteiger partial charge in [0.15, 0.2) is 17.3 Å². The standard InChI is InChI=1S/C23H23BrN2O5/c1-11-8-16-19(22(28)18(11)23(29)31-3)20(26-15-7-5-4-6-14(15)25-16)12-9-13(24)21(27)17(10-12)30-2/h4-7,9-11,18,20,25-27H,8H2,1-3H3/t11-,18-,20-/m0/s1. The lowest BCUT2D eigenvalue weighted by atomic mass is 9.75. The molecule has 0 amide bonds. The molecule has 0 radical (unpaired) electrons. The number of ketones is 1. The van der Waals surface area contributed by atoms with Crippen LogP contribution in [0.2, 0.25) is 0 Å². The van der Waals surface area contributed by atoms with Gasteiger partial charge in [0.25, 0.3) is 0 Å². The molecule has 0 aromatic heterocycles. The normalized spacial score (nSPS) is 22.5. The number of esters is 1. The van der Waals surface area contributed by atoms with Crippen molar-refractivity contribution in [3.63, 3.8) is 0 Å². The van der Waals surface area contributed by atoms with Crippen molar-refractivity contribution in [2.75, 3.05) is 24.9 Å². The zero-order valence-electron chi connectivity index (χ0n) is 17.4. The summed E-state index contributed by atoms with van der Waals surface area (Å²) < 4.78 is 10.7. The summed E-state index contributed by atoms with van der Waals surface area (Å²) in [5.41, 5.74) is 3.62. The van der Waals surface area contributed by atoms with Crippen molar-refractivity contribution in [1.82, 2.24) is 0 Å². The Morgan fingerprint density at radius 3 is 2.58 bits per heavy atom. The van der Waals surface area contributed by atoms with Crippen LogP contribution in [0.4, 0.5) is 11.4 Å². The third-order valence-corrected chi connectivity index (χ3v) is 6.43. The van der Waals surface area contributed by atoms with Crippen LogP contribution in [0.15, 0.2) is 52.1 Å². The van der Waals surface area contributed by atoms with Crippen LogP contribution in [-0.4, -0.2) is 31.1 Å². The number of phenols is 1. The van der Waals surface area contributed by atoms with Gasteiger partial charge >= 0.3 is 5.97 Å². The zero-order chi connectivity index (χ0) is 22.3. The van der Waals surface area contributed by atoms with Crippen molar-refractivity contribution in [3.05, 3.63) is 57.7 Å². The molecule has 0 fully saturated rings. The van der Waals surface area contributed by atoms with E-state index in [-0.39, 0.29) is 23.2 Å². The van der Waals surface area contributed by atoms with Crippen LogP contribution in [0.1, 0.15) is 24.9 Å². The molecule has 2 aromatic rings. The number of carbonyl (C=O) groups is 2. The minimum absolute atomic E-state index is 0.0244. The van der Waals surface area contributed by atoms with Gasteiger partial charge in [0.1, 0.15) is 5.92 Å². The van der Waals surface area contributed by atoms with Gasteiger partial charge in [-0.25, -0.2) is 0 Å². The van der Waals surface area contributed by atoms with Gasteiger partial charge in [-0.2, -0.15) is 0 Å². The maximum atomic E-state index is 13.6. The van der Waals surface area contributed by atoms with Gasteiger partial charge in [0.05, 0.1) is 36.1 Å². The average Bonchev–Trinajstić information content (AvgIpc) is 2.91. The van der Waals surface area contributed by atoms with Crippen molar-refractivity contribution in [2.45, 2.75) is 19.4 Å².